The Balaban J connectivity index is 2.48. The van der Waals surface area contributed by atoms with E-state index in [4.69, 9.17) is 5.11 Å². The summed E-state index contributed by atoms with van der Waals surface area (Å²) in [5.41, 5.74) is 2.93. The molecule has 0 bridgehead atoms. The van der Waals surface area contributed by atoms with Gasteiger partial charge in [0, 0.05) is 6.54 Å². The summed E-state index contributed by atoms with van der Waals surface area (Å²) < 4.78 is 0. The first-order valence-corrected chi connectivity index (χ1v) is 5.47. The van der Waals surface area contributed by atoms with Crippen molar-refractivity contribution >= 4 is 5.97 Å². The third-order valence-electron chi connectivity index (χ3n) is 3.03. The van der Waals surface area contributed by atoms with Crippen LogP contribution in [0.25, 0.3) is 0 Å². The first-order chi connectivity index (χ1) is 7.50. The largest absolute Gasteiger partial charge is 0.478 e. The van der Waals surface area contributed by atoms with Crippen LogP contribution in [0.5, 0.6) is 0 Å². The van der Waals surface area contributed by atoms with Crippen LogP contribution >= 0.6 is 0 Å². The van der Waals surface area contributed by atoms with E-state index in [0.29, 0.717) is 23.7 Å². The summed E-state index contributed by atoms with van der Waals surface area (Å²) in [6.45, 7) is 6.73. The number of nitrogens with one attached hydrogen (secondary N) is 1. The molecule has 2 rings (SSSR count). The van der Waals surface area contributed by atoms with E-state index in [-0.39, 0.29) is 6.04 Å². The topological polar surface area (TPSA) is 62.2 Å². The van der Waals surface area contributed by atoms with Gasteiger partial charge in [-0.2, -0.15) is 0 Å². The molecule has 1 unspecified atom stereocenters. The van der Waals surface area contributed by atoms with Gasteiger partial charge in [-0.05, 0) is 24.5 Å². The van der Waals surface area contributed by atoms with E-state index in [1.165, 1.54) is 0 Å². The van der Waals surface area contributed by atoms with Crippen LogP contribution in [0.1, 0.15) is 47.2 Å². The number of carboxylic acids is 1. The van der Waals surface area contributed by atoms with E-state index in [1.807, 2.05) is 0 Å². The lowest BCUT2D eigenvalue weighted by molar-refractivity contribution is 0.0695. The molecule has 0 saturated heterocycles. The number of hydrogen-bond acceptors (Lipinski definition) is 3. The van der Waals surface area contributed by atoms with Crippen molar-refractivity contribution in [3.8, 4) is 0 Å². The molecule has 4 nitrogen and oxygen atoms in total. The van der Waals surface area contributed by atoms with Crippen molar-refractivity contribution in [3.05, 3.63) is 28.6 Å². The molecule has 0 saturated carbocycles. The number of rotatable bonds is 2. The van der Waals surface area contributed by atoms with E-state index >= 15 is 0 Å². The van der Waals surface area contributed by atoms with E-state index < -0.39 is 5.97 Å². The van der Waals surface area contributed by atoms with Crippen LogP contribution in [-0.2, 0) is 6.54 Å². The summed E-state index contributed by atoms with van der Waals surface area (Å²) >= 11 is 0. The lowest BCUT2D eigenvalue weighted by Gasteiger charge is -2.15. The Labute approximate surface area is 94.7 Å². The Hall–Kier alpha value is -1.42. The molecule has 0 amide bonds. The smallest absolute Gasteiger partial charge is 0.337 e. The lowest BCUT2D eigenvalue weighted by atomic mass is 9.99. The first kappa shape index (κ1) is 11.1. The van der Waals surface area contributed by atoms with Gasteiger partial charge >= 0.3 is 5.97 Å². The molecule has 1 aliphatic rings. The van der Waals surface area contributed by atoms with Gasteiger partial charge in [0.15, 0.2) is 0 Å². The van der Waals surface area contributed by atoms with Crippen LogP contribution in [-0.4, -0.2) is 16.1 Å². The first-order valence-electron chi connectivity index (χ1n) is 5.47. The Morgan fingerprint density at radius 1 is 1.62 bits per heavy atom. The molecule has 86 valence electrons. The standard InChI is InChI=1S/C12H16N2O2/c1-6(2)10-11-8(5-13-10)4-9(12(15)16)7(3)14-11/h4,6,10,13H,5H2,1-3H3,(H,15,16). The van der Waals surface area contributed by atoms with Crippen LogP contribution in [0.15, 0.2) is 6.07 Å². The second kappa shape index (κ2) is 3.87. The number of pyridine rings is 1. The lowest BCUT2D eigenvalue weighted by Crippen LogP contribution is -2.18. The Morgan fingerprint density at radius 3 is 2.88 bits per heavy atom. The Morgan fingerprint density at radius 2 is 2.31 bits per heavy atom. The predicted molar refractivity (Wildman–Crippen MR) is 60.4 cm³/mol. The minimum absolute atomic E-state index is 0.247. The maximum absolute atomic E-state index is 11.0. The molecule has 0 spiro atoms. The number of nitrogens with zero attached hydrogens (tertiary/aromatic N) is 1. The Kier molecular flexibility index (Phi) is 2.68. The van der Waals surface area contributed by atoms with Gasteiger partial charge in [-0.15, -0.1) is 0 Å². The highest BCUT2D eigenvalue weighted by Gasteiger charge is 2.27. The second-order valence-electron chi connectivity index (χ2n) is 4.57. The SMILES string of the molecule is Cc1nc2c(cc1C(=O)O)CNC2C(C)C. The number of carbonyl (C=O) groups is 1. The summed E-state index contributed by atoms with van der Waals surface area (Å²) in [5.74, 6) is -0.440. The highest BCUT2D eigenvalue weighted by molar-refractivity contribution is 5.89. The van der Waals surface area contributed by atoms with Gasteiger partial charge in [-0.1, -0.05) is 13.8 Å². The number of carboxylic acid groups (broad SMARTS) is 1. The van der Waals surface area contributed by atoms with Gasteiger partial charge in [-0.25, -0.2) is 4.79 Å². The molecule has 1 atom stereocenters. The van der Waals surface area contributed by atoms with Crippen molar-refractivity contribution in [1.82, 2.24) is 10.3 Å². The van der Waals surface area contributed by atoms with Crippen LogP contribution in [0.4, 0.5) is 0 Å². The van der Waals surface area contributed by atoms with Gasteiger partial charge < -0.3 is 10.4 Å². The molecule has 2 N–H and O–H groups in total. The number of fused-ring (bicyclic) bond motifs is 1. The van der Waals surface area contributed by atoms with Crippen molar-refractivity contribution < 1.29 is 9.90 Å². The number of aromatic nitrogens is 1. The zero-order valence-electron chi connectivity index (χ0n) is 9.74. The summed E-state index contributed by atoms with van der Waals surface area (Å²) in [6, 6.07) is 1.99. The summed E-state index contributed by atoms with van der Waals surface area (Å²) in [4.78, 5) is 15.4. The van der Waals surface area contributed by atoms with Crippen molar-refractivity contribution in [1.29, 1.82) is 0 Å². The molecule has 2 heterocycles. The fraction of sp³-hybridized carbons (Fsp3) is 0.500. The minimum Gasteiger partial charge on any atom is -0.478 e. The summed E-state index contributed by atoms with van der Waals surface area (Å²) in [7, 11) is 0. The molecular weight excluding hydrogens is 204 g/mol. The molecule has 1 aromatic rings. The predicted octanol–water partition coefficient (Wildman–Crippen LogP) is 1.89. The molecule has 0 aliphatic carbocycles. The maximum Gasteiger partial charge on any atom is 0.337 e. The molecule has 0 radical (unpaired) electrons. The monoisotopic (exact) mass is 220 g/mol. The second-order valence-corrected chi connectivity index (χ2v) is 4.57. The van der Waals surface area contributed by atoms with Gasteiger partial charge in [-0.3, -0.25) is 4.98 Å². The van der Waals surface area contributed by atoms with Gasteiger partial charge in [0.2, 0.25) is 0 Å². The average molecular weight is 220 g/mol. The quantitative estimate of drug-likeness (QED) is 0.799. The van der Waals surface area contributed by atoms with E-state index in [2.05, 4.69) is 24.1 Å². The zero-order valence-corrected chi connectivity index (χ0v) is 9.74. The van der Waals surface area contributed by atoms with Crippen LogP contribution in [0.3, 0.4) is 0 Å². The fourth-order valence-electron chi connectivity index (χ4n) is 2.16. The molecular formula is C12H16N2O2. The Bertz CT molecular complexity index is 441. The van der Waals surface area contributed by atoms with Crippen molar-refractivity contribution in [2.24, 2.45) is 5.92 Å². The van der Waals surface area contributed by atoms with Gasteiger partial charge in [0.05, 0.1) is 23.0 Å². The highest BCUT2D eigenvalue weighted by Crippen LogP contribution is 2.30. The zero-order chi connectivity index (χ0) is 11.9. The molecule has 1 aromatic heterocycles. The molecule has 16 heavy (non-hydrogen) atoms. The minimum atomic E-state index is -0.902. The molecule has 0 aromatic carbocycles. The van der Waals surface area contributed by atoms with E-state index in [0.717, 1.165) is 11.3 Å². The normalized spacial score (nSPS) is 18.9. The van der Waals surface area contributed by atoms with Crippen LogP contribution in [0, 0.1) is 12.8 Å². The summed E-state index contributed by atoms with van der Waals surface area (Å²) in [5, 5.41) is 12.4. The van der Waals surface area contributed by atoms with Gasteiger partial charge in [0.25, 0.3) is 0 Å². The van der Waals surface area contributed by atoms with Crippen molar-refractivity contribution in [2.75, 3.05) is 0 Å². The maximum atomic E-state index is 11.0. The molecule has 4 heteroatoms. The van der Waals surface area contributed by atoms with Crippen molar-refractivity contribution in [2.45, 2.75) is 33.4 Å². The van der Waals surface area contributed by atoms with Crippen LogP contribution in [0.2, 0.25) is 0 Å². The fourth-order valence-corrected chi connectivity index (χ4v) is 2.16. The highest BCUT2D eigenvalue weighted by atomic mass is 16.4. The van der Waals surface area contributed by atoms with E-state index in [9.17, 15) is 4.79 Å². The van der Waals surface area contributed by atoms with Crippen molar-refractivity contribution in [3.63, 3.8) is 0 Å². The average Bonchev–Trinajstić information content (AvgIpc) is 2.58. The number of hydrogen-bond donors (Lipinski definition) is 2. The van der Waals surface area contributed by atoms with Gasteiger partial charge in [0.1, 0.15) is 0 Å². The summed E-state index contributed by atoms with van der Waals surface area (Å²) in [6.07, 6.45) is 0. The van der Waals surface area contributed by atoms with E-state index in [1.54, 1.807) is 13.0 Å². The molecule has 1 aliphatic heterocycles. The number of aryl methyl sites for hydroxylation is 1. The van der Waals surface area contributed by atoms with Crippen LogP contribution < -0.4 is 5.32 Å². The number of aromatic carboxylic acids is 1. The molecule has 0 fully saturated rings. The third kappa shape index (κ3) is 1.69. The third-order valence-corrected chi connectivity index (χ3v) is 3.03.